The van der Waals surface area contributed by atoms with Crippen LogP contribution >= 0.6 is 0 Å². The maximum atomic E-state index is 10.9. The van der Waals surface area contributed by atoms with Crippen LogP contribution in [0.5, 0.6) is 0 Å². The SMILES string of the molecule is Cc1nccc(NCC2CCC(C(N)=O)O2)n1. The second-order valence-corrected chi connectivity index (χ2v) is 4.10. The van der Waals surface area contributed by atoms with Gasteiger partial charge in [-0.3, -0.25) is 4.79 Å². The van der Waals surface area contributed by atoms with Crippen LogP contribution in [0.4, 0.5) is 5.82 Å². The normalized spacial score (nSPS) is 23.6. The Morgan fingerprint density at radius 2 is 2.47 bits per heavy atom. The standard InChI is InChI=1S/C11H16N4O2/c1-7-13-5-4-10(15-7)14-6-8-2-3-9(17-8)11(12)16/h4-5,8-9H,2-3,6H2,1H3,(H2,12,16)(H,13,14,15). The third-order valence-corrected chi connectivity index (χ3v) is 2.71. The fourth-order valence-electron chi connectivity index (χ4n) is 1.84. The van der Waals surface area contributed by atoms with Gasteiger partial charge in [0, 0.05) is 12.7 Å². The molecule has 0 aliphatic carbocycles. The van der Waals surface area contributed by atoms with Crippen molar-refractivity contribution >= 4 is 11.7 Å². The predicted molar refractivity (Wildman–Crippen MR) is 62.3 cm³/mol. The van der Waals surface area contributed by atoms with Gasteiger partial charge >= 0.3 is 0 Å². The summed E-state index contributed by atoms with van der Waals surface area (Å²) in [5, 5.41) is 3.16. The van der Waals surface area contributed by atoms with Gasteiger partial charge in [0.25, 0.3) is 0 Å². The Morgan fingerprint density at radius 3 is 3.12 bits per heavy atom. The molecule has 92 valence electrons. The van der Waals surface area contributed by atoms with Gasteiger partial charge in [0.2, 0.25) is 5.91 Å². The largest absolute Gasteiger partial charge is 0.367 e. The number of aromatic nitrogens is 2. The van der Waals surface area contributed by atoms with Crippen LogP contribution in [0.3, 0.4) is 0 Å². The highest BCUT2D eigenvalue weighted by Gasteiger charge is 2.28. The molecule has 2 heterocycles. The minimum atomic E-state index is -0.436. The number of hydrogen-bond acceptors (Lipinski definition) is 5. The summed E-state index contributed by atoms with van der Waals surface area (Å²) in [4.78, 5) is 19.2. The number of carbonyl (C=O) groups excluding carboxylic acids is 1. The Hall–Kier alpha value is -1.69. The number of anilines is 1. The van der Waals surface area contributed by atoms with Crippen molar-refractivity contribution in [2.75, 3.05) is 11.9 Å². The van der Waals surface area contributed by atoms with Crippen LogP contribution in [0.25, 0.3) is 0 Å². The fraction of sp³-hybridized carbons (Fsp3) is 0.545. The Kier molecular flexibility index (Phi) is 3.53. The van der Waals surface area contributed by atoms with Gasteiger partial charge in [-0.1, -0.05) is 0 Å². The maximum Gasteiger partial charge on any atom is 0.246 e. The second-order valence-electron chi connectivity index (χ2n) is 4.10. The summed E-state index contributed by atoms with van der Waals surface area (Å²) in [7, 11) is 0. The average molecular weight is 236 g/mol. The number of hydrogen-bond donors (Lipinski definition) is 2. The quantitative estimate of drug-likeness (QED) is 0.781. The van der Waals surface area contributed by atoms with Gasteiger partial charge in [0.1, 0.15) is 17.7 Å². The summed E-state index contributed by atoms with van der Waals surface area (Å²) in [6, 6.07) is 1.80. The summed E-state index contributed by atoms with van der Waals surface area (Å²) in [6.07, 6.45) is 2.82. The first-order valence-electron chi connectivity index (χ1n) is 5.63. The average Bonchev–Trinajstić information content (AvgIpc) is 2.75. The summed E-state index contributed by atoms with van der Waals surface area (Å²) < 4.78 is 5.49. The number of aryl methyl sites for hydroxylation is 1. The molecule has 2 atom stereocenters. The molecule has 17 heavy (non-hydrogen) atoms. The molecule has 1 fully saturated rings. The molecule has 1 saturated heterocycles. The van der Waals surface area contributed by atoms with Crippen LogP contribution in [0, 0.1) is 6.92 Å². The Morgan fingerprint density at radius 1 is 1.65 bits per heavy atom. The van der Waals surface area contributed by atoms with E-state index in [-0.39, 0.29) is 12.0 Å². The highest BCUT2D eigenvalue weighted by molar-refractivity contribution is 5.79. The lowest BCUT2D eigenvalue weighted by Crippen LogP contribution is -2.30. The minimum absolute atomic E-state index is 0.0165. The first kappa shape index (κ1) is 11.8. The summed E-state index contributed by atoms with van der Waals surface area (Å²) in [6.45, 7) is 2.46. The van der Waals surface area contributed by atoms with Gasteiger partial charge in [0.15, 0.2) is 0 Å². The number of nitrogens with two attached hydrogens (primary N) is 1. The number of ether oxygens (including phenoxy) is 1. The Balaban J connectivity index is 1.82. The van der Waals surface area contributed by atoms with Crippen LogP contribution in [-0.2, 0) is 9.53 Å². The molecule has 0 bridgehead atoms. The molecule has 1 aromatic heterocycles. The van der Waals surface area contributed by atoms with Crippen molar-refractivity contribution in [2.24, 2.45) is 5.73 Å². The molecule has 6 heteroatoms. The van der Waals surface area contributed by atoms with Gasteiger partial charge in [-0.15, -0.1) is 0 Å². The molecular formula is C11H16N4O2. The first-order valence-corrected chi connectivity index (χ1v) is 5.63. The predicted octanol–water partition coefficient (Wildman–Crippen LogP) is 0.230. The van der Waals surface area contributed by atoms with E-state index in [0.29, 0.717) is 13.0 Å². The highest BCUT2D eigenvalue weighted by atomic mass is 16.5. The van der Waals surface area contributed by atoms with Gasteiger partial charge in [-0.25, -0.2) is 9.97 Å². The van der Waals surface area contributed by atoms with Crippen molar-refractivity contribution in [1.82, 2.24) is 9.97 Å². The van der Waals surface area contributed by atoms with Gasteiger partial charge in [-0.05, 0) is 25.8 Å². The molecule has 0 saturated carbocycles. The number of carbonyl (C=O) groups is 1. The Labute approximate surface area is 99.6 Å². The number of primary amides is 1. The molecule has 0 aromatic carbocycles. The third kappa shape index (κ3) is 3.13. The summed E-state index contributed by atoms with van der Waals surface area (Å²) in [5.74, 6) is 1.10. The zero-order valence-corrected chi connectivity index (χ0v) is 9.72. The van der Waals surface area contributed by atoms with Crippen LogP contribution in [-0.4, -0.2) is 34.6 Å². The van der Waals surface area contributed by atoms with Crippen molar-refractivity contribution in [3.05, 3.63) is 18.1 Å². The smallest absolute Gasteiger partial charge is 0.246 e. The monoisotopic (exact) mass is 236 g/mol. The molecule has 6 nitrogen and oxygen atoms in total. The molecule has 1 aliphatic rings. The Bertz CT molecular complexity index is 410. The van der Waals surface area contributed by atoms with E-state index < -0.39 is 6.10 Å². The van der Waals surface area contributed by atoms with Crippen molar-refractivity contribution in [3.63, 3.8) is 0 Å². The van der Waals surface area contributed by atoms with Gasteiger partial charge in [-0.2, -0.15) is 0 Å². The van der Waals surface area contributed by atoms with E-state index in [4.69, 9.17) is 10.5 Å². The maximum absolute atomic E-state index is 10.9. The zero-order chi connectivity index (χ0) is 12.3. The van der Waals surface area contributed by atoms with Gasteiger partial charge < -0.3 is 15.8 Å². The second kappa shape index (κ2) is 5.09. The lowest BCUT2D eigenvalue weighted by molar-refractivity contribution is -0.128. The molecule has 1 amide bonds. The number of nitrogens with zero attached hydrogens (tertiary/aromatic N) is 2. The molecule has 1 aromatic rings. The molecule has 0 radical (unpaired) electrons. The lowest BCUT2D eigenvalue weighted by Gasteiger charge is -2.13. The highest BCUT2D eigenvalue weighted by Crippen LogP contribution is 2.19. The van der Waals surface area contributed by atoms with E-state index in [1.807, 2.05) is 6.92 Å². The fourth-order valence-corrected chi connectivity index (χ4v) is 1.84. The molecular weight excluding hydrogens is 220 g/mol. The number of nitrogens with one attached hydrogen (secondary N) is 1. The summed E-state index contributed by atoms with van der Waals surface area (Å²) >= 11 is 0. The van der Waals surface area contributed by atoms with E-state index in [0.717, 1.165) is 18.1 Å². The van der Waals surface area contributed by atoms with E-state index in [9.17, 15) is 4.79 Å². The van der Waals surface area contributed by atoms with E-state index in [1.54, 1.807) is 12.3 Å². The zero-order valence-electron chi connectivity index (χ0n) is 9.72. The first-order chi connectivity index (χ1) is 8.15. The summed E-state index contributed by atoms with van der Waals surface area (Å²) in [5.41, 5.74) is 5.18. The molecule has 3 N–H and O–H groups in total. The van der Waals surface area contributed by atoms with Crippen LogP contribution in [0.15, 0.2) is 12.3 Å². The van der Waals surface area contributed by atoms with Crippen LogP contribution < -0.4 is 11.1 Å². The molecule has 2 unspecified atom stereocenters. The van der Waals surface area contributed by atoms with Crippen molar-refractivity contribution in [1.29, 1.82) is 0 Å². The van der Waals surface area contributed by atoms with Crippen molar-refractivity contribution < 1.29 is 9.53 Å². The number of rotatable bonds is 4. The molecule has 1 aliphatic heterocycles. The van der Waals surface area contributed by atoms with E-state index in [2.05, 4.69) is 15.3 Å². The third-order valence-electron chi connectivity index (χ3n) is 2.71. The van der Waals surface area contributed by atoms with E-state index in [1.165, 1.54) is 0 Å². The topological polar surface area (TPSA) is 90.1 Å². The molecule has 0 spiro atoms. The lowest BCUT2D eigenvalue weighted by atomic mass is 10.2. The number of amides is 1. The van der Waals surface area contributed by atoms with Crippen molar-refractivity contribution in [3.8, 4) is 0 Å². The minimum Gasteiger partial charge on any atom is -0.367 e. The van der Waals surface area contributed by atoms with Crippen LogP contribution in [0.2, 0.25) is 0 Å². The van der Waals surface area contributed by atoms with Crippen molar-refractivity contribution in [2.45, 2.75) is 32.0 Å². The van der Waals surface area contributed by atoms with Gasteiger partial charge in [0.05, 0.1) is 6.10 Å². The van der Waals surface area contributed by atoms with Crippen LogP contribution in [0.1, 0.15) is 18.7 Å². The molecule has 2 rings (SSSR count). The van der Waals surface area contributed by atoms with E-state index >= 15 is 0 Å².